The van der Waals surface area contributed by atoms with E-state index < -0.39 is 18.4 Å². The van der Waals surface area contributed by atoms with E-state index in [-0.39, 0.29) is 17.1 Å². The second-order valence-electron chi connectivity index (χ2n) is 3.80. The maximum absolute atomic E-state index is 13.5. The largest absolute Gasteiger partial charge is 0.497 e. The maximum atomic E-state index is 13.5. The molecule has 0 aliphatic heterocycles. The summed E-state index contributed by atoms with van der Waals surface area (Å²) in [5, 5.41) is 2.20. The number of ether oxygens (including phenoxy) is 2. The third-order valence-corrected chi connectivity index (χ3v) is 2.71. The highest BCUT2D eigenvalue weighted by Crippen LogP contribution is 2.41. The molecule has 19 heavy (non-hydrogen) atoms. The van der Waals surface area contributed by atoms with Crippen molar-refractivity contribution in [3.63, 3.8) is 0 Å². The molecule has 1 aromatic carbocycles. The van der Waals surface area contributed by atoms with Crippen LogP contribution in [0.2, 0.25) is 0 Å². The lowest BCUT2D eigenvalue weighted by Crippen LogP contribution is -2.41. The topological polar surface area (TPSA) is 30.5 Å². The predicted octanol–water partition coefficient (Wildman–Crippen LogP) is 2.86. The van der Waals surface area contributed by atoms with E-state index in [1.807, 2.05) is 0 Å². The van der Waals surface area contributed by atoms with Gasteiger partial charge in [-0.25, -0.2) is 8.78 Å². The van der Waals surface area contributed by atoms with E-state index >= 15 is 0 Å². The average Bonchev–Trinajstić information content (AvgIpc) is 2.38. The summed E-state index contributed by atoms with van der Waals surface area (Å²) in [6.45, 7) is 0. The Morgan fingerprint density at radius 1 is 1.16 bits per heavy atom. The van der Waals surface area contributed by atoms with Crippen molar-refractivity contribution in [2.24, 2.45) is 0 Å². The second kappa shape index (κ2) is 6.10. The number of nitrogens with one attached hydrogen (secondary N) is 1. The fourth-order valence-electron chi connectivity index (χ4n) is 1.75. The van der Waals surface area contributed by atoms with E-state index in [4.69, 9.17) is 9.47 Å². The molecule has 0 heterocycles. The standard InChI is InChI=1S/C12H15F4NO2/c1-17-10(12(15,16)11(13)14)8-6-7(18-2)4-5-9(8)19-3/h4-6,10-11,17H,1-3H3. The van der Waals surface area contributed by atoms with Crippen LogP contribution in [0.3, 0.4) is 0 Å². The summed E-state index contributed by atoms with van der Waals surface area (Å²) in [5.74, 6) is -3.87. The molecule has 0 radical (unpaired) electrons. The zero-order chi connectivity index (χ0) is 14.6. The van der Waals surface area contributed by atoms with Crippen LogP contribution in [-0.2, 0) is 0 Å². The first-order chi connectivity index (χ1) is 8.88. The molecular weight excluding hydrogens is 266 g/mol. The molecule has 0 aromatic heterocycles. The van der Waals surface area contributed by atoms with Gasteiger partial charge in [-0.05, 0) is 25.2 Å². The number of hydrogen-bond acceptors (Lipinski definition) is 3. The SMILES string of the molecule is CNC(c1cc(OC)ccc1OC)C(F)(F)C(F)F. The van der Waals surface area contributed by atoms with E-state index in [2.05, 4.69) is 5.32 Å². The van der Waals surface area contributed by atoms with E-state index in [1.54, 1.807) is 0 Å². The van der Waals surface area contributed by atoms with Crippen molar-refractivity contribution in [2.75, 3.05) is 21.3 Å². The Hall–Kier alpha value is -1.50. The van der Waals surface area contributed by atoms with Gasteiger partial charge in [-0.15, -0.1) is 0 Å². The van der Waals surface area contributed by atoms with Gasteiger partial charge in [-0.2, -0.15) is 8.78 Å². The molecular formula is C12H15F4NO2. The molecule has 0 fully saturated rings. The molecule has 0 aliphatic carbocycles. The molecule has 1 N–H and O–H groups in total. The molecule has 3 nitrogen and oxygen atoms in total. The normalized spacial score (nSPS) is 13.5. The first kappa shape index (κ1) is 15.6. The molecule has 1 atom stereocenters. The summed E-state index contributed by atoms with van der Waals surface area (Å²) < 4.78 is 61.9. The number of alkyl halides is 4. The quantitative estimate of drug-likeness (QED) is 0.813. The molecule has 0 aliphatic rings. The molecule has 1 unspecified atom stereocenters. The first-order valence-corrected chi connectivity index (χ1v) is 5.43. The predicted molar refractivity (Wildman–Crippen MR) is 62.3 cm³/mol. The fraction of sp³-hybridized carbons (Fsp3) is 0.500. The minimum Gasteiger partial charge on any atom is -0.497 e. The smallest absolute Gasteiger partial charge is 0.326 e. The van der Waals surface area contributed by atoms with Crippen molar-refractivity contribution in [3.8, 4) is 11.5 Å². The van der Waals surface area contributed by atoms with E-state index in [0.29, 0.717) is 0 Å². The maximum Gasteiger partial charge on any atom is 0.326 e. The highest BCUT2D eigenvalue weighted by atomic mass is 19.3. The summed E-state index contributed by atoms with van der Waals surface area (Å²) in [5.41, 5.74) is -0.0883. The Bertz CT molecular complexity index is 426. The second-order valence-corrected chi connectivity index (χ2v) is 3.80. The van der Waals surface area contributed by atoms with Crippen LogP contribution in [0.15, 0.2) is 18.2 Å². The molecule has 1 aromatic rings. The van der Waals surface area contributed by atoms with Gasteiger partial charge in [-0.3, -0.25) is 0 Å². The van der Waals surface area contributed by atoms with Gasteiger partial charge in [-0.1, -0.05) is 0 Å². The van der Waals surface area contributed by atoms with Crippen LogP contribution in [0.4, 0.5) is 17.6 Å². The van der Waals surface area contributed by atoms with E-state index in [1.165, 1.54) is 39.5 Å². The highest BCUT2D eigenvalue weighted by Gasteiger charge is 2.49. The molecule has 0 amide bonds. The lowest BCUT2D eigenvalue weighted by atomic mass is 9.99. The van der Waals surface area contributed by atoms with Gasteiger partial charge in [0.2, 0.25) is 0 Å². The third-order valence-electron chi connectivity index (χ3n) is 2.71. The Morgan fingerprint density at radius 3 is 2.21 bits per heavy atom. The van der Waals surface area contributed by atoms with Crippen molar-refractivity contribution in [3.05, 3.63) is 23.8 Å². The fourth-order valence-corrected chi connectivity index (χ4v) is 1.75. The highest BCUT2D eigenvalue weighted by molar-refractivity contribution is 5.43. The molecule has 0 bridgehead atoms. The van der Waals surface area contributed by atoms with Gasteiger partial charge in [0.05, 0.1) is 14.2 Å². The molecule has 0 saturated heterocycles. The number of benzene rings is 1. The zero-order valence-electron chi connectivity index (χ0n) is 10.7. The van der Waals surface area contributed by atoms with Crippen molar-refractivity contribution >= 4 is 0 Å². The third kappa shape index (κ3) is 3.09. The summed E-state index contributed by atoms with van der Waals surface area (Å²) in [7, 11) is 3.81. The minimum atomic E-state index is -4.23. The zero-order valence-corrected chi connectivity index (χ0v) is 10.7. The summed E-state index contributed by atoms with van der Waals surface area (Å²) >= 11 is 0. The molecule has 0 saturated carbocycles. The van der Waals surface area contributed by atoms with Crippen LogP contribution in [-0.4, -0.2) is 33.6 Å². The lowest BCUT2D eigenvalue weighted by Gasteiger charge is -2.27. The Labute approximate surface area is 108 Å². The molecule has 0 spiro atoms. The Balaban J connectivity index is 3.30. The van der Waals surface area contributed by atoms with Crippen molar-refractivity contribution < 1.29 is 27.0 Å². The van der Waals surface area contributed by atoms with Gasteiger partial charge in [0.1, 0.15) is 17.5 Å². The summed E-state index contributed by atoms with van der Waals surface area (Å²) in [4.78, 5) is 0. The van der Waals surface area contributed by atoms with Crippen molar-refractivity contribution in [2.45, 2.75) is 18.4 Å². The first-order valence-electron chi connectivity index (χ1n) is 5.43. The van der Waals surface area contributed by atoms with Gasteiger partial charge in [0.25, 0.3) is 0 Å². The van der Waals surface area contributed by atoms with Crippen LogP contribution >= 0.6 is 0 Å². The van der Waals surface area contributed by atoms with Crippen molar-refractivity contribution in [1.29, 1.82) is 0 Å². The van der Waals surface area contributed by atoms with E-state index in [9.17, 15) is 17.6 Å². The van der Waals surface area contributed by atoms with Gasteiger partial charge in [0, 0.05) is 5.56 Å². The van der Waals surface area contributed by atoms with Crippen molar-refractivity contribution in [1.82, 2.24) is 5.32 Å². The van der Waals surface area contributed by atoms with Gasteiger partial charge >= 0.3 is 12.3 Å². The lowest BCUT2D eigenvalue weighted by molar-refractivity contribution is -0.150. The Morgan fingerprint density at radius 2 is 1.79 bits per heavy atom. The van der Waals surface area contributed by atoms with E-state index in [0.717, 1.165) is 0 Å². The van der Waals surface area contributed by atoms with Crippen LogP contribution in [0.25, 0.3) is 0 Å². The van der Waals surface area contributed by atoms with Crippen LogP contribution in [0.1, 0.15) is 11.6 Å². The van der Waals surface area contributed by atoms with Crippen LogP contribution < -0.4 is 14.8 Å². The number of rotatable bonds is 6. The summed E-state index contributed by atoms with van der Waals surface area (Å²) in [6, 6.07) is 2.25. The van der Waals surface area contributed by atoms with Crippen LogP contribution in [0.5, 0.6) is 11.5 Å². The van der Waals surface area contributed by atoms with Gasteiger partial charge < -0.3 is 14.8 Å². The number of methoxy groups -OCH3 is 2. The summed E-state index contributed by atoms with van der Waals surface area (Å²) in [6.07, 6.45) is -3.79. The number of halogens is 4. The van der Waals surface area contributed by atoms with Crippen LogP contribution in [0, 0.1) is 0 Å². The molecule has 1 rings (SSSR count). The van der Waals surface area contributed by atoms with Gasteiger partial charge in [0.15, 0.2) is 0 Å². The average molecular weight is 281 g/mol. The minimum absolute atomic E-state index is 0.0838. The monoisotopic (exact) mass is 281 g/mol. The number of hydrogen-bond donors (Lipinski definition) is 1. The molecule has 108 valence electrons. The Kier molecular flexibility index (Phi) is 4.99. The molecule has 7 heteroatoms.